The molecule has 6 heteroatoms. The lowest BCUT2D eigenvalue weighted by Crippen LogP contribution is -1.94. The van der Waals surface area contributed by atoms with Crippen LogP contribution < -0.4 is 12.3 Å². The monoisotopic (exact) mass is 320 g/mol. The number of carbonyl (C=O) groups is 2. The molecule has 134 valence electrons. The number of hydrogen-bond acceptors (Lipinski definition) is 4. The van der Waals surface area contributed by atoms with Crippen molar-refractivity contribution in [3.63, 3.8) is 0 Å². The summed E-state index contributed by atoms with van der Waals surface area (Å²) in [4.78, 5) is 20.3. The molecule has 1 rings (SSSR count). The van der Waals surface area contributed by atoms with Crippen molar-refractivity contribution in [2.75, 3.05) is 0 Å². The molecule has 0 aromatic rings. The van der Waals surface area contributed by atoms with Crippen LogP contribution in [0.4, 0.5) is 0 Å². The highest BCUT2D eigenvalue weighted by Gasteiger charge is 1.98. The second-order valence-corrected chi connectivity index (χ2v) is 5.53. The molecule has 0 aromatic carbocycles. The normalized spacial score (nSPS) is 12.9. The summed E-state index contributed by atoms with van der Waals surface area (Å²) in [5, 5.41) is 16.7. The Labute approximate surface area is 134 Å². The summed E-state index contributed by atoms with van der Waals surface area (Å²) in [6.07, 6.45) is 14.8. The maximum Gasteiger partial charge on any atom is 0.303 e. The Morgan fingerprint density at radius 2 is 0.773 bits per heavy atom. The maximum absolute atomic E-state index is 10.1. The summed E-state index contributed by atoms with van der Waals surface area (Å²) in [7, 11) is 0. The molecular formula is C16H36N2O4. The van der Waals surface area contributed by atoms with Crippen LogP contribution in [0.3, 0.4) is 0 Å². The minimum absolute atomic E-state index is 0. The van der Waals surface area contributed by atoms with E-state index in [0.717, 1.165) is 38.5 Å². The van der Waals surface area contributed by atoms with Crippen molar-refractivity contribution in [3.8, 4) is 0 Å². The van der Waals surface area contributed by atoms with Crippen molar-refractivity contribution in [1.82, 2.24) is 12.3 Å². The first-order chi connectivity index (χ1) is 9.63. The van der Waals surface area contributed by atoms with Crippen LogP contribution in [0, 0.1) is 0 Å². The quantitative estimate of drug-likeness (QED) is 0.443. The predicted molar refractivity (Wildman–Crippen MR) is 90.0 cm³/mol. The van der Waals surface area contributed by atoms with Gasteiger partial charge in [0.25, 0.3) is 0 Å². The summed E-state index contributed by atoms with van der Waals surface area (Å²) >= 11 is 0. The number of hydrogen-bond donors (Lipinski definition) is 4. The molecule has 1 aliphatic carbocycles. The van der Waals surface area contributed by atoms with Gasteiger partial charge in [-0.1, -0.05) is 64.2 Å². The second kappa shape index (κ2) is 19.9. The summed E-state index contributed by atoms with van der Waals surface area (Å²) in [5.74, 6) is -1.48. The Morgan fingerprint density at radius 1 is 0.545 bits per heavy atom. The Hall–Kier alpha value is -1.14. The third-order valence-electron chi connectivity index (χ3n) is 3.53. The van der Waals surface area contributed by atoms with Gasteiger partial charge in [0.15, 0.2) is 0 Å². The highest BCUT2D eigenvalue weighted by molar-refractivity contribution is 5.66. The lowest BCUT2D eigenvalue weighted by Gasteiger charge is -2.05. The first-order valence-corrected chi connectivity index (χ1v) is 8.06. The molecule has 1 saturated carbocycles. The van der Waals surface area contributed by atoms with E-state index in [9.17, 15) is 9.59 Å². The second-order valence-electron chi connectivity index (χ2n) is 5.53. The van der Waals surface area contributed by atoms with Crippen molar-refractivity contribution < 1.29 is 19.8 Å². The third kappa shape index (κ3) is 23.9. The highest BCUT2D eigenvalue weighted by atomic mass is 16.4. The van der Waals surface area contributed by atoms with E-state index in [2.05, 4.69) is 0 Å². The van der Waals surface area contributed by atoms with E-state index in [-0.39, 0.29) is 25.1 Å². The lowest BCUT2D eigenvalue weighted by atomic mass is 10.0. The molecule has 8 N–H and O–H groups in total. The molecular weight excluding hydrogens is 284 g/mol. The van der Waals surface area contributed by atoms with E-state index in [1.807, 2.05) is 0 Å². The van der Waals surface area contributed by atoms with Gasteiger partial charge in [0, 0.05) is 12.8 Å². The van der Waals surface area contributed by atoms with E-state index in [4.69, 9.17) is 10.2 Å². The third-order valence-corrected chi connectivity index (χ3v) is 3.53. The lowest BCUT2D eigenvalue weighted by molar-refractivity contribution is -0.138. The minimum atomic E-state index is -0.740. The van der Waals surface area contributed by atoms with Crippen LogP contribution in [0.25, 0.3) is 0 Å². The maximum atomic E-state index is 10.1. The minimum Gasteiger partial charge on any atom is -0.481 e. The van der Waals surface area contributed by atoms with Crippen molar-refractivity contribution in [1.29, 1.82) is 0 Å². The van der Waals surface area contributed by atoms with Gasteiger partial charge in [-0.15, -0.1) is 0 Å². The van der Waals surface area contributed by atoms with Gasteiger partial charge in [-0.2, -0.15) is 0 Å². The predicted octanol–water partition coefficient (Wildman–Crippen LogP) is 4.94. The molecule has 0 amide bonds. The average molecular weight is 320 g/mol. The number of rotatable bonds is 9. The average Bonchev–Trinajstić information content (AvgIpc) is 2.44. The first-order valence-electron chi connectivity index (χ1n) is 8.06. The number of carboxylic acids is 2. The molecule has 0 unspecified atom stereocenters. The van der Waals surface area contributed by atoms with Gasteiger partial charge in [-0.3, -0.25) is 9.59 Å². The van der Waals surface area contributed by atoms with Gasteiger partial charge >= 0.3 is 11.9 Å². The van der Waals surface area contributed by atoms with E-state index in [1.165, 1.54) is 38.5 Å². The van der Waals surface area contributed by atoms with Gasteiger partial charge in [0.2, 0.25) is 0 Å². The number of aliphatic carboxylic acids is 2. The zero-order valence-corrected chi connectivity index (χ0v) is 14.0. The molecule has 0 atom stereocenters. The molecule has 0 radical (unpaired) electrons. The van der Waals surface area contributed by atoms with Crippen molar-refractivity contribution >= 4 is 11.9 Å². The fourth-order valence-corrected chi connectivity index (χ4v) is 2.32. The van der Waals surface area contributed by atoms with Crippen LogP contribution in [0.5, 0.6) is 0 Å². The standard InChI is InChI=1S/C10H18O4.C6H12.2H3N/c11-9(12)7-5-3-1-2-4-6-8-10(13)14;1-2-4-6-5-3-1;;/h1-8H2,(H,11,12)(H,13,14);1-6H2;2*1H3. The molecule has 22 heavy (non-hydrogen) atoms. The molecule has 1 aliphatic rings. The first kappa shape index (κ1) is 25.8. The van der Waals surface area contributed by atoms with E-state index in [0.29, 0.717) is 0 Å². The molecule has 0 spiro atoms. The molecule has 1 fully saturated rings. The smallest absolute Gasteiger partial charge is 0.303 e. The Morgan fingerprint density at radius 3 is 1.00 bits per heavy atom. The summed E-state index contributed by atoms with van der Waals surface area (Å²) in [5.41, 5.74) is 0. The topological polar surface area (TPSA) is 145 Å². The van der Waals surface area contributed by atoms with Gasteiger partial charge in [0.05, 0.1) is 0 Å². The van der Waals surface area contributed by atoms with Gasteiger partial charge in [-0.25, -0.2) is 0 Å². The Bertz CT molecular complexity index is 225. The molecule has 0 bridgehead atoms. The fourth-order valence-electron chi connectivity index (χ4n) is 2.32. The number of carboxylic acid groups (broad SMARTS) is 2. The van der Waals surface area contributed by atoms with Crippen LogP contribution in [-0.4, -0.2) is 22.2 Å². The van der Waals surface area contributed by atoms with Gasteiger partial charge < -0.3 is 22.5 Å². The van der Waals surface area contributed by atoms with Gasteiger partial charge in [-0.05, 0) is 12.8 Å². The molecule has 0 saturated heterocycles. The van der Waals surface area contributed by atoms with Crippen LogP contribution >= 0.6 is 0 Å². The summed E-state index contributed by atoms with van der Waals surface area (Å²) in [6.45, 7) is 0. The zero-order chi connectivity index (χ0) is 15.1. The van der Waals surface area contributed by atoms with Crippen molar-refractivity contribution in [2.24, 2.45) is 0 Å². The van der Waals surface area contributed by atoms with E-state index in [1.54, 1.807) is 0 Å². The Kier molecular flexibility index (Phi) is 23.3. The molecule has 0 aliphatic heterocycles. The SMILES string of the molecule is C1CCCCC1.N.N.O=C(O)CCCCCCCCC(=O)O. The van der Waals surface area contributed by atoms with E-state index >= 15 is 0 Å². The fraction of sp³-hybridized carbons (Fsp3) is 0.875. The zero-order valence-electron chi connectivity index (χ0n) is 14.0. The molecule has 0 aromatic heterocycles. The van der Waals surface area contributed by atoms with Crippen LogP contribution in [-0.2, 0) is 9.59 Å². The van der Waals surface area contributed by atoms with Crippen LogP contribution in [0.2, 0.25) is 0 Å². The van der Waals surface area contributed by atoms with Crippen molar-refractivity contribution in [3.05, 3.63) is 0 Å². The summed E-state index contributed by atoms with van der Waals surface area (Å²) < 4.78 is 0. The van der Waals surface area contributed by atoms with Crippen LogP contribution in [0.1, 0.15) is 89.9 Å². The van der Waals surface area contributed by atoms with Crippen molar-refractivity contribution in [2.45, 2.75) is 89.9 Å². The highest BCUT2D eigenvalue weighted by Crippen LogP contribution is 2.15. The van der Waals surface area contributed by atoms with Gasteiger partial charge in [0.1, 0.15) is 0 Å². The van der Waals surface area contributed by atoms with Crippen LogP contribution in [0.15, 0.2) is 0 Å². The summed E-state index contributed by atoms with van der Waals surface area (Å²) in [6, 6.07) is 0. The largest absolute Gasteiger partial charge is 0.481 e. The Balaban J connectivity index is -0.000000380. The molecule has 0 heterocycles. The number of unbranched alkanes of at least 4 members (excludes halogenated alkanes) is 5. The molecule has 6 nitrogen and oxygen atoms in total. The van der Waals surface area contributed by atoms with E-state index < -0.39 is 11.9 Å².